The summed E-state index contributed by atoms with van der Waals surface area (Å²) in [5.41, 5.74) is 7.79. The Morgan fingerprint density at radius 1 is 1.35 bits per heavy atom. The minimum Gasteiger partial charge on any atom is -0.454 e. The molecule has 2 heterocycles. The first-order valence-corrected chi connectivity index (χ1v) is 5.36. The monoisotopic (exact) mass is 252 g/mol. The molecule has 0 spiro atoms. The van der Waals surface area contributed by atoms with E-state index in [1.165, 1.54) is 0 Å². The van der Waals surface area contributed by atoms with Gasteiger partial charge >= 0.3 is 0 Å². The molecule has 0 atom stereocenters. The van der Waals surface area contributed by atoms with E-state index in [9.17, 15) is 0 Å². The van der Waals surface area contributed by atoms with Crippen LogP contribution in [0.1, 0.15) is 5.56 Å². The third kappa shape index (κ3) is 1.51. The van der Waals surface area contributed by atoms with Crippen LogP contribution in [-0.2, 0) is 0 Å². The largest absolute Gasteiger partial charge is 0.454 e. The van der Waals surface area contributed by atoms with E-state index in [2.05, 4.69) is 5.16 Å². The Labute approximate surface area is 102 Å². The molecule has 2 aromatic rings. The molecule has 0 amide bonds. The van der Waals surface area contributed by atoms with Gasteiger partial charge in [0.1, 0.15) is 5.69 Å². The van der Waals surface area contributed by atoms with Crippen molar-refractivity contribution in [1.29, 1.82) is 0 Å². The van der Waals surface area contributed by atoms with E-state index in [1.54, 1.807) is 6.07 Å². The highest BCUT2D eigenvalue weighted by atomic mass is 35.5. The second-order valence-electron chi connectivity index (χ2n) is 3.71. The van der Waals surface area contributed by atoms with Gasteiger partial charge in [-0.1, -0.05) is 16.8 Å². The molecule has 0 saturated heterocycles. The van der Waals surface area contributed by atoms with Crippen molar-refractivity contribution in [1.82, 2.24) is 5.16 Å². The lowest BCUT2D eigenvalue weighted by Gasteiger charge is -2.07. The van der Waals surface area contributed by atoms with Crippen molar-refractivity contribution in [3.8, 4) is 22.8 Å². The quantitative estimate of drug-likeness (QED) is 0.845. The van der Waals surface area contributed by atoms with Gasteiger partial charge < -0.3 is 19.7 Å². The summed E-state index contributed by atoms with van der Waals surface area (Å²) in [6.07, 6.45) is 0. The fraction of sp³-hybridized carbons (Fsp3) is 0.182. The zero-order valence-electron chi connectivity index (χ0n) is 8.99. The average molecular weight is 253 g/mol. The van der Waals surface area contributed by atoms with Gasteiger partial charge in [-0.15, -0.1) is 0 Å². The number of ether oxygens (including phenoxy) is 2. The average Bonchev–Trinajstić information content (AvgIpc) is 2.91. The predicted octanol–water partition coefficient (Wildman–Crippen LogP) is 2.61. The molecule has 0 bridgehead atoms. The molecular weight excluding hydrogens is 244 g/mol. The Morgan fingerprint density at radius 3 is 2.88 bits per heavy atom. The zero-order chi connectivity index (χ0) is 12.0. The molecule has 3 rings (SSSR count). The summed E-state index contributed by atoms with van der Waals surface area (Å²) in [7, 11) is 0. The summed E-state index contributed by atoms with van der Waals surface area (Å²) in [5.74, 6) is 1.44. The van der Waals surface area contributed by atoms with Crippen LogP contribution in [0.2, 0.25) is 5.02 Å². The zero-order valence-corrected chi connectivity index (χ0v) is 9.75. The lowest BCUT2D eigenvalue weighted by atomic mass is 10.0. The lowest BCUT2D eigenvalue weighted by molar-refractivity contribution is 0.174. The lowest BCUT2D eigenvalue weighted by Crippen LogP contribution is -1.93. The van der Waals surface area contributed by atoms with Crippen LogP contribution < -0.4 is 15.2 Å². The van der Waals surface area contributed by atoms with Crippen molar-refractivity contribution in [3.63, 3.8) is 0 Å². The number of fused-ring (bicyclic) bond motifs is 1. The van der Waals surface area contributed by atoms with E-state index in [-0.39, 0.29) is 12.7 Å². The number of nitrogen functional groups attached to an aromatic ring is 1. The smallest absolute Gasteiger partial charge is 0.231 e. The molecule has 0 unspecified atom stereocenters. The Balaban J connectivity index is 2.21. The Kier molecular flexibility index (Phi) is 2.16. The maximum atomic E-state index is 6.21. The number of halogens is 1. The first-order valence-electron chi connectivity index (χ1n) is 4.98. The van der Waals surface area contributed by atoms with E-state index in [0.717, 1.165) is 11.1 Å². The van der Waals surface area contributed by atoms with Gasteiger partial charge in [-0.05, 0) is 18.6 Å². The number of anilines is 1. The maximum Gasteiger partial charge on any atom is 0.231 e. The van der Waals surface area contributed by atoms with Crippen LogP contribution >= 0.6 is 11.6 Å². The molecule has 2 N–H and O–H groups in total. The molecule has 0 aliphatic carbocycles. The van der Waals surface area contributed by atoms with Crippen molar-refractivity contribution in [2.24, 2.45) is 0 Å². The van der Waals surface area contributed by atoms with Crippen LogP contribution in [0.3, 0.4) is 0 Å². The standard InChI is InChI=1S/C11H9ClN2O3/c1-5-6(7-3-9(13)17-14-7)2-8-11(10(5)12)16-4-15-8/h2-3H,4,13H2,1H3. The molecule has 17 heavy (non-hydrogen) atoms. The Hall–Kier alpha value is -1.88. The summed E-state index contributed by atoms with van der Waals surface area (Å²) in [6.45, 7) is 2.06. The van der Waals surface area contributed by atoms with Gasteiger partial charge in [0.25, 0.3) is 0 Å². The minimum absolute atomic E-state index is 0.179. The Morgan fingerprint density at radius 2 is 2.18 bits per heavy atom. The fourth-order valence-electron chi connectivity index (χ4n) is 1.78. The van der Waals surface area contributed by atoms with E-state index >= 15 is 0 Å². The molecule has 0 saturated carbocycles. The van der Waals surface area contributed by atoms with Crippen LogP contribution in [0.4, 0.5) is 5.88 Å². The summed E-state index contributed by atoms with van der Waals surface area (Å²) in [4.78, 5) is 0. The summed E-state index contributed by atoms with van der Waals surface area (Å²) >= 11 is 6.21. The van der Waals surface area contributed by atoms with Gasteiger partial charge in [-0.25, -0.2) is 0 Å². The van der Waals surface area contributed by atoms with Gasteiger partial charge in [-0.3, -0.25) is 0 Å². The fourth-order valence-corrected chi connectivity index (χ4v) is 2.03. The molecule has 5 nitrogen and oxygen atoms in total. The second kappa shape index (κ2) is 3.56. The van der Waals surface area contributed by atoms with Crippen molar-refractivity contribution in [2.75, 3.05) is 12.5 Å². The van der Waals surface area contributed by atoms with Gasteiger partial charge in [0.15, 0.2) is 11.5 Å². The molecule has 1 aliphatic heterocycles. The summed E-state index contributed by atoms with van der Waals surface area (Å²) < 4.78 is 15.4. The predicted molar refractivity (Wildman–Crippen MR) is 62.2 cm³/mol. The van der Waals surface area contributed by atoms with E-state index in [0.29, 0.717) is 22.2 Å². The number of nitrogens with zero attached hydrogens (tertiary/aromatic N) is 1. The van der Waals surface area contributed by atoms with Crippen molar-refractivity contribution >= 4 is 17.5 Å². The normalized spacial score (nSPS) is 13.1. The molecule has 88 valence electrons. The van der Waals surface area contributed by atoms with Gasteiger partial charge in [0, 0.05) is 11.6 Å². The van der Waals surface area contributed by atoms with Crippen LogP contribution in [0.5, 0.6) is 11.5 Å². The van der Waals surface area contributed by atoms with E-state index in [4.69, 9.17) is 31.3 Å². The molecule has 0 radical (unpaired) electrons. The second-order valence-corrected chi connectivity index (χ2v) is 4.09. The molecule has 1 aromatic carbocycles. The number of nitrogens with two attached hydrogens (primary N) is 1. The van der Waals surface area contributed by atoms with Crippen LogP contribution in [0, 0.1) is 6.92 Å². The molecule has 0 fully saturated rings. The van der Waals surface area contributed by atoms with Gasteiger partial charge in [0.2, 0.25) is 12.7 Å². The number of rotatable bonds is 1. The topological polar surface area (TPSA) is 70.5 Å². The first kappa shape index (κ1) is 10.3. The SMILES string of the molecule is Cc1c(-c2cc(N)on2)cc2c(c1Cl)OCO2. The van der Waals surface area contributed by atoms with Crippen LogP contribution in [0.25, 0.3) is 11.3 Å². The number of hydrogen-bond donors (Lipinski definition) is 1. The number of benzene rings is 1. The summed E-state index contributed by atoms with van der Waals surface area (Å²) in [5, 5.41) is 4.38. The molecular formula is C11H9ClN2O3. The van der Waals surface area contributed by atoms with Gasteiger partial charge in [-0.2, -0.15) is 0 Å². The van der Waals surface area contributed by atoms with E-state index in [1.807, 2.05) is 13.0 Å². The Bertz CT molecular complexity index is 595. The molecule has 1 aliphatic rings. The third-order valence-electron chi connectivity index (χ3n) is 2.65. The molecule has 1 aromatic heterocycles. The van der Waals surface area contributed by atoms with Crippen LogP contribution in [-0.4, -0.2) is 11.9 Å². The van der Waals surface area contributed by atoms with Crippen molar-refractivity contribution in [3.05, 3.63) is 22.7 Å². The summed E-state index contributed by atoms with van der Waals surface area (Å²) in [6, 6.07) is 3.46. The highest BCUT2D eigenvalue weighted by Gasteiger charge is 2.23. The van der Waals surface area contributed by atoms with Gasteiger partial charge in [0.05, 0.1) is 5.02 Å². The third-order valence-corrected chi connectivity index (χ3v) is 3.11. The maximum absolute atomic E-state index is 6.21. The first-order chi connectivity index (χ1) is 8.16. The highest BCUT2D eigenvalue weighted by Crippen LogP contribution is 2.45. The minimum atomic E-state index is 0.179. The number of aromatic nitrogens is 1. The van der Waals surface area contributed by atoms with Crippen molar-refractivity contribution in [2.45, 2.75) is 6.92 Å². The number of hydrogen-bond acceptors (Lipinski definition) is 5. The van der Waals surface area contributed by atoms with Crippen LogP contribution in [0.15, 0.2) is 16.7 Å². The van der Waals surface area contributed by atoms with E-state index < -0.39 is 0 Å². The van der Waals surface area contributed by atoms with Crippen molar-refractivity contribution < 1.29 is 14.0 Å². The highest BCUT2D eigenvalue weighted by molar-refractivity contribution is 6.33. The molecule has 6 heteroatoms.